The number of carbonyl (C=O) groups excluding carboxylic acids is 3. The summed E-state index contributed by atoms with van der Waals surface area (Å²) in [4.78, 5) is 43.3. The van der Waals surface area contributed by atoms with Gasteiger partial charge in [0.1, 0.15) is 5.75 Å². The molecule has 1 spiro atoms. The maximum atomic E-state index is 13.9. The van der Waals surface area contributed by atoms with Gasteiger partial charge in [-0.25, -0.2) is 0 Å². The Balaban J connectivity index is 1.41. The molecule has 0 aliphatic carbocycles. The Bertz CT molecular complexity index is 1280. The molecular weight excluding hydrogens is 498 g/mol. The first-order chi connectivity index (χ1) is 18.8. The number of fused-ring (bicyclic) bond motifs is 2. The summed E-state index contributed by atoms with van der Waals surface area (Å²) in [6.45, 7) is 6.68. The first kappa shape index (κ1) is 26.9. The van der Waals surface area contributed by atoms with Gasteiger partial charge in [0.2, 0.25) is 5.91 Å². The molecule has 3 amide bonds. The molecule has 2 aromatic carbocycles. The predicted molar refractivity (Wildman–Crippen MR) is 147 cm³/mol. The lowest BCUT2D eigenvalue weighted by molar-refractivity contribution is -0.149. The number of benzene rings is 2. The number of hydrogen-bond acceptors (Lipinski definition) is 6. The first-order valence-corrected chi connectivity index (χ1v) is 13.4. The molecule has 39 heavy (non-hydrogen) atoms. The van der Waals surface area contributed by atoms with E-state index in [2.05, 4.69) is 11.9 Å². The Morgan fingerprint density at radius 2 is 2.03 bits per heavy atom. The topological polar surface area (TPSA) is 108 Å². The second kappa shape index (κ2) is 10.8. The van der Waals surface area contributed by atoms with Crippen LogP contribution < -0.4 is 15.0 Å². The van der Waals surface area contributed by atoms with Gasteiger partial charge in [0.25, 0.3) is 11.8 Å². The van der Waals surface area contributed by atoms with E-state index in [4.69, 9.17) is 9.47 Å². The van der Waals surface area contributed by atoms with Crippen LogP contribution in [0, 0.1) is 5.92 Å². The molecule has 2 aromatic rings. The number of nitrogens with one attached hydrogen (secondary N) is 1. The van der Waals surface area contributed by atoms with Crippen molar-refractivity contribution >= 4 is 29.1 Å². The zero-order valence-corrected chi connectivity index (χ0v) is 22.4. The first-order valence-electron chi connectivity index (χ1n) is 13.4. The summed E-state index contributed by atoms with van der Waals surface area (Å²) < 4.78 is 11.7. The molecule has 0 aromatic heterocycles. The van der Waals surface area contributed by atoms with Crippen molar-refractivity contribution in [1.29, 1.82) is 0 Å². The number of hydrogen-bond donors (Lipinski definition) is 2. The molecule has 3 aliphatic heterocycles. The second-order valence-corrected chi connectivity index (χ2v) is 10.5. The van der Waals surface area contributed by atoms with Crippen molar-refractivity contribution in [1.82, 2.24) is 4.90 Å². The molecule has 5 rings (SSSR count). The van der Waals surface area contributed by atoms with Gasteiger partial charge in [-0.1, -0.05) is 13.0 Å². The number of likely N-dealkylation sites (tertiary alicyclic amines) is 1. The van der Waals surface area contributed by atoms with Gasteiger partial charge in [0.05, 0.1) is 38.0 Å². The largest absolute Gasteiger partial charge is 0.497 e. The highest BCUT2D eigenvalue weighted by Crippen LogP contribution is 2.54. The summed E-state index contributed by atoms with van der Waals surface area (Å²) in [5.41, 5.74) is 1.15. The van der Waals surface area contributed by atoms with Crippen LogP contribution in [0.5, 0.6) is 5.75 Å². The number of amides is 3. The number of aliphatic hydroxyl groups is 1. The minimum Gasteiger partial charge on any atom is -0.497 e. The molecule has 2 saturated heterocycles. The van der Waals surface area contributed by atoms with Crippen molar-refractivity contribution in [3.8, 4) is 5.75 Å². The zero-order valence-electron chi connectivity index (χ0n) is 22.4. The van der Waals surface area contributed by atoms with E-state index in [0.717, 1.165) is 12.8 Å². The fraction of sp³-hybridized carbons (Fsp3) is 0.433. The van der Waals surface area contributed by atoms with Gasteiger partial charge in [-0.2, -0.15) is 0 Å². The molecule has 2 fully saturated rings. The molecule has 0 bridgehead atoms. The normalized spacial score (nSPS) is 25.7. The van der Waals surface area contributed by atoms with Crippen LogP contribution in [0.1, 0.15) is 48.5 Å². The monoisotopic (exact) mass is 533 g/mol. The van der Waals surface area contributed by atoms with E-state index in [1.54, 1.807) is 59.4 Å². The van der Waals surface area contributed by atoms with Gasteiger partial charge >= 0.3 is 0 Å². The molecule has 2 N–H and O–H groups in total. The van der Waals surface area contributed by atoms with Gasteiger partial charge in [-0.05, 0) is 61.7 Å². The summed E-state index contributed by atoms with van der Waals surface area (Å²) in [7, 11) is 1.57. The summed E-state index contributed by atoms with van der Waals surface area (Å²) >= 11 is 0. The Labute approximate surface area is 228 Å². The number of carbonyl (C=O) groups is 3. The Kier molecular flexibility index (Phi) is 7.46. The minimum absolute atomic E-state index is 0.0506. The molecule has 0 unspecified atom stereocenters. The summed E-state index contributed by atoms with van der Waals surface area (Å²) in [5, 5.41) is 12.6. The maximum absolute atomic E-state index is 13.9. The molecule has 206 valence electrons. The molecule has 9 heteroatoms. The lowest BCUT2D eigenvalue weighted by atomic mass is 9.82. The molecule has 3 aliphatic rings. The van der Waals surface area contributed by atoms with Crippen LogP contribution in [-0.4, -0.2) is 66.7 Å². The van der Waals surface area contributed by atoms with Crippen LogP contribution >= 0.6 is 0 Å². The number of nitrogens with zero attached hydrogens (tertiary/aromatic N) is 2. The van der Waals surface area contributed by atoms with Crippen LogP contribution in [0.15, 0.2) is 55.1 Å². The zero-order chi connectivity index (χ0) is 27.7. The van der Waals surface area contributed by atoms with Crippen LogP contribution in [0.2, 0.25) is 0 Å². The Morgan fingerprint density at radius 1 is 1.26 bits per heavy atom. The van der Waals surface area contributed by atoms with Crippen molar-refractivity contribution in [2.24, 2.45) is 5.92 Å². The third kappa shape index (κ3) is 4.70. The standard InChI is InChI=1S/C30H35N3O6/c1-4-13-33-26-12-9-21(31-28(36)20-7-10-23(38-3)11-8-20)16-25(26)30(29(33)37)19(2)15-24(39-30)17-27(35)32-14-5-6-22(32)18-34/h4,7-12,16,19,22,24,34H,1,5-6,13-15,17-18H2,2-3H3,(H,31,36)/t19-,22-,24-,30+/m0/s1. The number of aliphatic hydroxyl groups excluding tert-OH is 1. The summed E-state index contributed by atoms with van der Waals surface area (Å²) in [5.74, 6) is -0.0744. The van der Waals surface area contributed by atoms with Crippen LogP contribution in [0.3, 0.4) is 0 Å². The molecule has 0 radical (unpaired) electrons. The highest BCUT2D eigenvalue weighted by atomic mass is 16.5. The van der Waals surface area contributed by atoms with Crippen LogP contribution in [0.4, 0.5) is 11.4 Å². The smallest absolute Gasteiger partial charge is 0.264 e. The molecule has 9 nitrogen and oxygen atoms in total. The number of anilines is 2. The highest BCUT2D eigenvalue weighted by Gasteiger charge is 2.60. The van der Waals surface area contributed by atoms with E-state index in [1.165, 1.54) is 0 Å². The van der Waals surface area contributed by atoms with E-state index < -0.39 is 11.7 Å². The summed E-state index contributed by atoms with van der Waals surface area (Å²) in [6, 6.07) is 12.1. The van der Waals surface area contributed by atoms with Crippen molar-refractivity contribution < 1.29 is 29.0 Å². The fourth-order valence-corrected chi connectivity index (χ4v) is 6.20. The third-order valence-corrected chi connectivity index (χ3v) is 8.15. The predicted octanol–water partition coefficient (Wildman–Crippen LogP) is 3.47. The van der Waals surface area contributed by atoms with Gasteiger partial charge in [0, 0.05) is 35.8 Å². The fourth-order valence-electron chi connectivity index (χ4n) is 6.20. The molecular formula is C30H35N3O6. The van der Waals surface area contributed by atoms with Crippen LogP contribution in [0.25, 0.3) is 0 Å². The SMILES string of the molecule is C=CCN1C(=O)[C@]2(O[C@H](CC(=O)N3CCC[C@H]3CO)C[C@@H]2C)c2cc(NC(=O)c3ccc(OC)cc3)ccc21. The summed E-state index contributed by atoms with van der Waals surface area (Å²) in [6.07, 6.45) is 3.59. The Hall–Kier alpha value is -3.69. The van der Waals surface area contributed by atoms with Crippen molar-refractivity contribution in [3.63, 3.8) is 0 Å². The van der Waals surface area contributed by atoms with Crippen LogP contribution in [-0.2, 0) is 19.9 Å². The highest BCUT2D eigenvalue weighted by molar-refractivity contribution is 6.09. The maximum Gasteiger partial charge on any atom is 0.264 e. The number of methoxy groups -OCH3 is 1. The van der Waals surface area contributed by atoms with E-state index in [0.29, 0.717) is 47.8 Å². The second-order valence-electron chi connectivity index (χ2n) is 10.5. The van der Waals surface area contributed by atoms with Gasteiger partial charge in [-0.3, -0.25) is 14.4 Å². The van der Waals surface area contributed by atoms with Gasteiger partial charge in [0.15, 0.2) is 5.60 Å². The third-order valence-electron chi connectivity index (χ3n) is 8.15. The quantitative estimate of drug-likeness (QED) is 0.503. The number of rotatable bonds is 8. The Morgan fingerprint density at radius 3 is 2.72 bits per heavy atom. The lowest BCUT2D eigenvalue weighted by Crippen LogP contribution is -2.44. The van der Waals surface area contributed by atoms with E-state index in [-0.39, 0.29) is 42.7 Å². The van der Waals surface area contributed by atoms with Gasteiger partial charge in [-0.15, -0.1) is 6.58 Å². The van der Waals surface area contributed by atoms with E-state index in [1.807, 2.05) is 13.0 Å². The van der Waals surface area contributed by atoms with Gasteiger partial charge < -0.3 is 29.7 Å². The average Bonchev–Trinajstić information content (AvgIpc) is 3.61. The van der Waals surface area contributed by atoms with Crippen molar-refractivity contribution in [2.45, 2.75) is 50.4 Å². The average molecular weight is 534 g/mol. The van der Waals surface area contributed by atoms with E-state index in [9.17, 15) is 19.5 Å². The van der Waals surface area contributed by atoms with Crippen molar-refractivity contribution in [2.75, 3.05) is 37.0 Å². The molecule has 0 saturated carbocycles. The van der Waals surface area contributed by atoms with E-state index >= 15 is 0 Å². The minimum atomic E-state index is -1.26. The van der Waals surface area contributed by atoms with Crippen molar-refractivity contribution in [3.05, 3.63) is 66.2 Å². The molecule has 3 heterocycles. The number of ether oxygens (including phenoxy) is 2. The lowest BCUT2D eigenvalue weighted by Gasteiger charge is -2.28. The molecule has 4 atom stereocenters.